The lowest BCUT2D eigenvalue weighted by Crippen LogP contribution is -2.47. The van der Waals surface area contributed by atoms with Crippen molar-refractivity contribution in [3.63, 3.8) is 0 Å². The highest BCUT2D eigenvalue weighted by Gasteiger charge is 2.40. The van der Waals surface area contributed by atoms with Gasteiger partial charge in [-0.25, -0.2) is 0 Å². The molecule has 0 bridgehead atoms. The lowest BCUT2D eigenvalue weighted by molar-refractivity contribution is -0.121. The number of Topliss-reactive ketones (excluding diaryl/α,β-unsaturated/α-hetero) is 1. The maximum Gasteiger partial charge on any atom is 0.182 e. The van der Waals surface area contributed by atoms with Crippen molar-refractivity contribution in [2.24, 2.45) is 0 Å². The van der Waals surface area contributed by atoms with E-state index in [4.69, 9.17) is 4.74 Å². The number of carbonyl (C=O) groups excluding carboxylic acids is 1. The third-order valence-corrected chi connectivity index (χ3v) is 3.29. The Morgan fingerprint density at radius 3 is 3.07 bits per heavy atom. The van der Waals surface area contributed by atoms with Gasteiger partial charge in [0.15, 0.2) is 5.78 Å². The zero-order chi connectivity index (χ0) is 10.0. The first-order valence-corrected chi connectivity index (χ1v) is 5.39. The van der Waals surface area contributed by atoms with Crippen molar-refractivity contribution in [3.8, 4) is 0 Å². The van der Waals surface area contributed by atoms with Crippen LogP contribution in [0.4, 0.5) is 0 Å². The Morgan fingerprint density at radius 2 is 2.57 bits per heavy atom. The summed E-state index contributed by atoms with van der Waals surface area (Å²) in [5, 5.41) is 3.35. The minimum atomic E-state index is -0.278. The number of carbonyl (C=O) groups is 1. The second-order valence-corrected chi connectivity index (χ2v) is 4.06. The van der Waals surface area contributed by atoms with E-state index in [0.29, 0.717) is 6.61 Å². The molecule has 2 aliphatic rings. The fourth-order valence-electron chi connectivity index (χ4n) is 2.32. The van der Waals surface area contributed by atoms with Crippen LogP contribution in [-0.4, -0.2) is 24.5 Å². The molecular weight excluding hydrogens is 178 g/mol. The Kier molecular flexibility index (Phi) is 2.59. The second kappa shape index (κ2) is 3.73. The van der Waals surface area contributed by atoms with Gasteiger partial charge in [0.05, 0.1) is 18.4 Å². The average Bonchev–Trinajstić information content (AvgIpc) is 2.89. The average molecular weight is 195 g/mol. The normalized spacial score (nSPS) is 31.4. The molecule has 0 aliphatic carbocycles. The van der Waals surface area contributed by atoms with E-state index in [1.54, 1.807) is 6.26 Å². The van der Waals surface area contributed by atoms with Crippen LogP contribution < -0.4 is 5.32 Å². The summed E-state index contributed by atoms with van der Waals surface area (Å²) in [4.78, 5) is 12.2. The number of rotatable bonds is 3. The number of hydrogen-bond acceptors (Lipinski definition) is 3. The predicted octanol–water partition coefficient (Wildman–Crippen LogP) is 1.39. The smallest absolute Gasteiger partial charge is 0.182 e. The summed E-state index contributed by atoms with van der Waals surface area (Å²) < 4.78 is 5.12. The highest BCUT2D eigenvalue weighted by Crippen LogP contribution is 2.29. The zero-order valence-corrected chi connectivity index (χ0v) is 8.64. The van der Waals surface area contributed by atoms with Crippen LogP contribution in [0.15, 0.2) is 11.8 Å². The minimum absolute atomic E-state index is 0.259. The third kappa shape index (κ3) is 1.46. The van der Waals surface area contributed by atoms with Crippen molar-refractivity contribution in [1.29, 1.82) is 0 Å². The van der Waals surface area contributed by atoms with E-state index >= 15 is 0 Å². The Labute approximate surface area is 84.5 Å². The van der Waals surface area contributed by atoms with E-state index < -0.39 is 0 Å². The van der Waals surface area contributed by atoms with Gasteiger partial charge in [0, 0.05) is 12.0 Å². The van der Waals surface area contributed by atoms with E-state index in [2.05, 4.69) is 12.2 Å². The molecule has 1 N–H and O–H groups in total. The monoisotopic (exact) mass is 195 g/mol. The molecule has 2 heterocycles. The van der Waals surface area contributed by atoms with Crippen LogP contribution in [-0.2, 0) is 9.53 Å². The van der Waals surface area contributed by atoms with Crippen LogP contribution in [0.5, 0.6) is 0 Å². The standard InChI is InChI=1S/C11H17NO2/c1-2-11(5-3-6-12-11)10(13)9-4-7-14-8-9/h8,12H,2-7H2,1H3. The highest BCUT2D eigenvalue weighted by atomic mass is 16.5. The molecule has 0 aromatic heterocycles. The van der Waals surface area contributed by atoms with Gasteiger partial charge in [-0.3, -0.25) is 4.79 Å². The largest absolute Gasteiger partial charge is 0.500 e. The summed E-state index contributed by atoms with van der Waals surface area (Å²) in [6.45, 7) is 3.71. The van der Waals surface area contributed by atoms with Gasteiger partial charge in [0.2, 0.25) is 0 Å². The fraction of sp³-hybridized carbons (Fsp3) is 0.727. The molecule has 1 saturated heterocycles. The van der Waals surface area contributed by atoms with Crippen molar-refractivity contribution in [1.82, 2.24) is 5.32 Å². The molecule has 3 nitrogen and oxygen atoms in total. The van der Waals surface area contributed by atoms with Crippen LogP contribution >= 0.6 is 0 Å². The third-order valence-electron chi connectivity index (χ3n) is 3.29. The van der Waals surface area contributed by atoms with Crippen molar-refractivity contribution >= 4 is 5.78 Å². The van der Waals surface area contributed by atoms with E-state index in [-0.39, 0.29) is 11.3 Å². The van der Waals surface area contributed by atoms with E-state index in [0.717, 1.165) is 37.8 Å². The van der Waals surface area contributed by atoms with Gasteiger partial charge < -0.3 is 10.1 Å². The van der Waals surface area contributed by atoms with Crippen LogP contribution in [0.2, 0.25) is 0 Å². The number of ether oxygens (including phenoxy) is 1. The first kappa shape index (κ1) is 9.71. The molecule has 0 amide bonds. The summed E-state index contributed by atoms with van der Waals surface area (Å²) in [7, 11) is 0. The summed E-state index contributed by atoms with van der Waals surface area (Å²) in [6, 6.07) is 0. The summed E-state index contributed by atoms with van der Waals surface area (Å²) in [5.41, 5.74) is 0.584. The highest BCUT2D eigenvalue weighted by molar-refractivity contribution is 6.02. The molecule has 1 fully saturated rings. The van der Waals surface area contributed by atoms with E-state index in [1.165, 1.54) is 0 Å². The molecule has 0 saturated carbocycles. The van der Waals surface area contributed by atoms with E-state index in [9.17, 15) is 4.79 Å². The maximum absolute atomic E-state index is 12.2. The summed E-state index contributed by atoms with van der Waals surface area (Å²) >= 11 is 0. The maximum atomic E-state index is 12.2. The topological polar surface area (TPSA) is 38.3 Å². The zero-order valence-electron chi connectivity index (χ0n) is 8.64. The molecule has 0 spiro atoms. The lowest BCUT2D eigenvalue weighted by atomic mass is 9.85. The summed E-state index contributed by atoms with van der Waals surface area (Å²) in [6.07, 6.45) is 5.37. The molecule has 14 heavy (non-hydrogen) atoms. The fourth-order valence-corrected chi connectivity index (χ4v) is 2.32. The van der Waals surface area contributed by atoms with Crippen molar-refractivity contribution < 1.29 is 9.53 Å². The molecule has 2 rings (SSSR count). The first-order chi connectivity index (χ1) is 6.78. The van der Waals surface area contributed by atoms with Crippen molar-refractivity contribution in [3.05, 3.63) is 11.8 Å². The SMILES string of the molecule is CCC1(C(=O)C2=COCC2)CCCN1. The molecule has 0 aromatic carbocycles. The van der Waals surface area contributed by atoms with Gasteiger partial charge in [-0.1, -0.05) is 6.92 Å². The summed E-state index contributed by atoms with van der Waals surface area (Å²) in [5.74, 6) is 0.259. The van der Waals surface area contributed by atoms with Gasteiger partial charge in [0.1, 0.15) is 0 Å². The molecule has 0 radical (unpaired) electrons. The molecule has 2 aliphatic heterocycles. The van der Waals surface area contributed by atoms with Gasteiger partial charge in [-0.15, -0.1) is 0 Å². The molecule has 78 valence electrons. The first-order valence-electron chi connectivity index (χ1n) is 5.39. The predicted molar refractivity (Wildman–Crippen MR) is 53.9 cm³/mol. The molecule has 0 aromatic rings. The van der Waals surface area contributed by atoms with Crippen molar-refractivity contribution in [2.75, 3.05) is 13.2 Å². The number of hydrogen-bond donors (Lipinski definition) is 1. The van der Waals surface area contributed by atoms with Gasteiger partial charge >= 0.3 is 0 Å². The van der Waals surface area contributed by atoms with Crippen LogP contribution in [0.1, 0.15) is 32.6 Å². The molecule has 1 atom stereocenters. The number of nitrogens with one attached hydrogen (secondary N) is 1. The van der Waals surface area contributed by atoms with Crippen LogP contribution in [0.25, 0.3) is 0 Å². The second-order valence-electron chi connectivity index (χ2n) is 4.06. The Hall–Kier alpha value is -0.830. The Bertz CT molecular complexity index is 264. The lowest BCUT2D eigenvalue weighted by Gasteiger charge is -2.26. The van der Waals surface area contributed by atoms with Crippen LogP contribution in [0, 0.1) is 0 Å². The van der Waals surface area contributed by atoms with Gasteiger partial charge in [0.25, 0.3) is 0 Å². The van der Waals surface area contributed by atoms with Crippen molar-refractivity contribution in [2.45, 2.75) is 38.1 Å². The van der Waals surface area contributed by atoms with Gasteiger partial charge in [-0.05, 0) is 25.8 Å². The van der Waals surface area contributed by atoms with E-state index in [1.807, 2.05) is 0 Å². The van der Waals surface area contributed by atoms with Crippen LogP contribution in [0.3, 0.4) is 0 Å². The Balaban J connectivity index is 2.15. The number of ketones is 1. The molecule has 3 heteroatoms. The molecule has 1 unspecified atom stereocenters. The van der Waals surface area contributed by atoms with Gasteiger partial charge in [-0.2, -0.15) is 0 Å². The quantitative estimate of drug-likeness (QED) is 0.739. The Morgan fingerprint density at radius 1 is 1.71 bits per heavy atom. The molecular formula is C11H17NO2. The minimum Gasteiger partial charge on any atom is -0.500 e.